The first kappa shape index (κ1) is 11.9. The first-order valence-electron chi connectivity index (χ1n) is 6.09. The first-order valence-corrected chi connectivity index (χ1v) is 6.09. The Kier molecular flexibility index (Phi) is 3.82. The molecule has 0 aromatic heterocycles. The van der Waals surface area contributed by atoms with Crippen LogP contribution in [0.5, 0.6) is 0 Å². The fourth-order valence-electron chi connectivity index (χ4n) is 2.99. The van der Waals surface area contributed by atoms with Gasteiger partial charge < -0.3 is 14.6 Å². The van der Waals surface area contributed by atoms with E-state index in [1.807, 2.05) is 0 Å². The Morgan fingerprint density at radius 3 is 2.69 bits per heavy atom. The lowest BCUT2D eigenvalue weighted by molar-refractivity contribution is -0.144. The zero-order chi connectivity index (χ0) is 11.5. The van der Waals surface area contributed by atoms with Gasteiger partial charge in [0.25, 0.3) is 0 Å². The van der Waals surface area contributed by atoms with Gasteiger partial charge in [0, 0.05) is 7.11 Å². The summed E-state index contributed by atoms with van der Waals surface area (Å²) in [6.45, 7) is 0.389. The highest BCUT2D eigenvalue weighted by molar-refractivity contribution is 5.71. The van der Waals surface area contributed by atoms with E-state index in [1.54, 1.807) is 7.11 Å². The summed E-state index contributed by atoms with van der Waals surface area (Å²) in [5.74, 6) is -0.559. The molecule has 0 aromatic carbocycles. The van der Waals surface area contributed by atoms with E-state index in [4.69, 9.17) is 14.6 Å². The van der Waals surface area contributed by atoms with Crippen LogP contribution in [0, 0.1) is 11.8 Å². The van der Waals surface area contributed by atoms with E-state index in [0.717, 1.165) is 0 Å². The van der Waals surface area contributed by atoms with Gasteiger partial charge in [-0.2, -0.15) is 0 Å². The van der Waals surface area contributed by atoms with Crippen LogP contribution in [-0.2, 0) is 14.3 Å². The van der Waals surface area contributed by atoms with Gasteiger partial charge in [-0.05, 0) is 25.2 Å². The second kappa shape index (κ2) is 5.15. The molecule has 0 amide bonds. The number of carboxylic acid groups (broad SMARTS) is 1. The van der Waals surface area contributed by atoms with Crippen LogP contribution in [0.15, 0.2) is 0 Å². The van der Waals surface area contributed by atoms with Gasteiger partial charge in [-0.25, -0.2) is 0 Å². The van der Waals surface area contributed by atoms with Gasteiger partial charge in [0.05, 0.1) is 24.7 Å². The predicted octanol–water partition coefficient (Wildman–Crippen LogP) is 1.68. The molecule has 3 unspecified atom stereocenters. The molecule has 2 fully saturated rings. The fraction of sp³-hybridized carbons (Fsp3) is 0.917. The van der Waals surface area contributed by atoms with E-state index in [1.165, 1.54) is 25.7 Å². The zero-order valence-corrected chi connectivity index (χ0v) is 9.72. The molecule has 1 heterocycles. The number of carbonyl (C=O) groups is 1. The third-order valence-corrected chi connectivity index (χ3v) is 3.86. The van der Waals surface area contributed by atoms with Crippen LogP contribution in [0.2, 0.25) is 0 Å². The Morgan fingerprint density at radius 1 is 1.44 bits per heavy atom. The number of carboxylic acids is 1. The number of methoxy groups -OCH3 is 1. The second-order valence-corrected chi connectivity index (χ2v) is 4.89. The van der Waals surface area contributed by atoms with Crippen molar-refractivity contribution in [2.75, 3.05) is 13.7 Å². The summed E-state index contributed by atoms with van der Waals surface area (Å²) in [4.78, 5) is 11.1. The van der Waals surface area contributed by atoms with Crippen molar-refractivity contribution in [3.63, 3.8) is 0 Å². The Labute approximate surface area is 95.9 Å². The highest BCUT2D eigenvalue weighted by Crippen LogP contribution is 2.38. The number of aliphatic carboxylic acids is 1. The quantitative estimate of drug-likeness (QED) is 0.795. The number of ether oxygens (including phenoxy) is 2. The van der Waals surface area contributed by atoms with Gasteiger partial charge in [0.1, 0.15) is 0 Å². The Bertz CT molecular complexity index is 247. The minimum absolute atomic E-state index is 0.142. The fourth-order valence-corrected chi connectivity index (χ4v) is 2.99. The van der Waals surface area contributed by atoms with Crippen LogP contribution in [-0.4, -0.2) is 37.0 Å². The topological polar surface area (TPSA) is 55.8 Å². The lowest BCUT2D eigenvalue weighted by Gasteiger charge is -2.18. The average molecular weight is 228 g/mol. The average Bonchev–Trinajstić information content (AvgIpc) is 2.83. The summed E-state index contributed by atoms with van der Waals surface area (Å²) in [5, 5.41) is 9.14. The summed E-state index contributed by atoms with van der Waals surface area (Å²) in [6.07, 6.45) is 5.45. The summed E-state index contributed by atoms with van der Waals surface area (Å²) in [7, 11) is 1.59. The SMILES string of the molecule is COCC1OC(C2CCCC2)CC1C(=O)O. The molecular weight excluding hydrogens is 208 g/mol. The van der Waals surface area contributed by atoms with Crippen molar-refractivity contribution in [2.45, 2.75) is 44.3 Å². The molecule has 3 atom stereocenters. The minimum Gasteiger partial charge on any atom is -0.481 e. The maximum atomic E-state index is 11.1. The Morgan fingerprint density at radius 2 is 2.12 bits per heavy atom. The summed E-state index contributed by atoms with van der Waals surface area (Å²) in [6, 6.07) is 0. The van der Waals surface area contributed by atoms with E-state index < -0.39 is 5.97 Å². The van der Waals surface area contributed by atoms with Crippen molar-refractivity contribution in [2.24, 2.45) is 11.8 Å². The third-order valence-electron chi connectivity index (χ3n) is 3.86. The van der Waals surface area contributed by atoms with E-state index in [-0.39, 0.29) is 18.1 Å². The maximum Gasteiger partial charge on any atom is 0.309 e. The van der Waals surface area contributed by atoms with Crippen LogP contribution in [0.3, 0.4) is 0 Å². The molecular formula is C12H20O4. The number of rotatable bonds is 4. The van der Waals surface area contributed by atoms with Crippen molar-refractivity contribution in [3.05, 3.63) is 0 Å². The molecule has 92 valence electrons. The van der Waals surface area contributed by atoms with Gasteiger partial charge in [0.2, 0.25) is 0 Å². The molecule has 1 aliphatic heterocycles. The number of hydrogen-bond acceptors (Lipinski definition) is 3. The molecule has 1 aliphatic carbocycles. The number of hydrogen-bond donors (Lipinski definition) is 1. The predicted molar refractivity (Wildman–Crippen MR) is 58.2 cm³/mol. The molecule has 2 aliphatic rings. The minimum atomic E-state index is -0.748. The second-order valence-electron chi connectivity index (χ2n) is 4.89. The van der Waals surface area contributed by atoms with Crippen molar-refractivity contribution >= 4 is 5.97 Å². The van der Waals surface area contributed by atoms with Crippen molar-refractivity contribution < 1.29 is 19.4 Å². The first-order chi connectivity index (χ1) is 7.72. The van der Waals surface area contributed by atoms with Gasteiger partial charge in [-0.1, -0.05) is 12.8 Å². The van der Waals surface area contributed by atoms with Gasteiger partial charge in [-0.3, -0.25) is 4.79 Å². The smallest absolute Gasteiger partial charge is 0.309 e. The van der Waals surface area contributed by atoms with Gasteiger partial charge >= 0.3 is 5.97 Å². The largest absolute Gasteiger partial charge is 0.481 e. The van der Waals surface area contributed by atoms with E-state index >= 15 is 0 Å². The lowest BCUT2D eigenvalue weighted by Crippen LogP contribution is -2.28. The van der Waals surface area contributed by atoms with E-state index in [2.05, 4.69) is 0 Å². The summed E-state index contributed by atoms with van der Waals surface area (Å²) >= 11 is 0. The maximum absolute atomic E-state index is 11.1. The summed E-state index contributed by atoms with van der Waals surface area (Å²) < 4.78 is 10.9. The standard InChI is InChI=1S/C12H20O4/c1-15-7-11-9(12(13)14)6-10(16-11)8-4-2-3-5-8/h8-11H,2-7H2,1H3,(H,13,14). The zero-order valence-electron chi connectivity index (χ0n) is 9.72. The van der Waals surface area contributed by atoms with Crippen molar-refractivity contribution in [3.8, 4) is 0 Å². The van der Waals surface area contributed by atoms with Crippen LogP contribution in [0.1, 0.15) is 32.1 Å². The molecule has 1 saturated carbocycles. The molecule has 0 aromatic rings. The van der Waals surface area contributed by atoms with E-state index in [0.29, 0.717) is 18.9 Å². The summed E-state index contributed by atoms with van der Waals surface area (Å²) in [5.41, 5.74) is 0. The van der Waals surface area contributed by atoms with Crippen molar-refractivity contribution in [1.29, 1.82) is 0 Å². The monoisotopic (exact) mass is 228 g/mol. The molecule has 0 radical (unpaired) electrons. The van der Waals surface area contributed by atoms with Crippen LogP contribution in [0.25, 0.3) is 0 Å². The van der Waals surface area contributed by atoms with Crippen LogP contribution < -0.4 is 0 Å². The molecule has 4 nitrogen and oxygen atoms in total. The molecule has 4 heteroatoms. The highest BCUT2D eigenvalue weighted by atomic mass is 16.5. The molecule has 0 bridgehead atoms. The highest BCUT2D eigenvalue weighted by Gasteiger charge is 2.43. The van der Waals surface area contributed by atoms with Gasteiger partial charge in [-0.15, -0.1) is 0 Å². The molecule has 16 heavy (non-hydrogen) atoms. The van der Waals surface area contributed by atoms with Crippen molar-refractivity contribution in [1.82, 2.24) is 0 Å². The molecule has 1 saturated heterocycles. The normalized spacial score (nSPS) is 35.7. The van der Waals surface area contributed by atoms with E-state index in [9.17, 15) is 4.79 Å². The van der Waals surface area contributed by atoms with Crippen LogP contribution >= 0.6 is 0 Å². The lowest BCUT2D eigenvalue weighted by atomic mass is 9.93. The Hall–Kier alpha value is -0.610. The third kappa shape index (κ3) is 2.38. The molecule has 2 rings (SSSR count). The van der Waals surface area contributed by atoms with Gasteiger partial charge in [0.15, 0.2) is 0 Å². The molecule has 0 spiro atoms. The van der Waals surface area contributed by atoms with Crippen LogP contribution in [0.4, 0.5) is 0 Å². The Balaban J connectivity index is 1.96. The molecule has 1 N–H and O–H groups in total.